The lowest BCUT2D eigenvalue weighted by atomic mass is 9.91. The van der Waals surface area contributed by atoms with Gasteiger partial charge in [-0.3, -0.25) is 19.7 Å². The van der Waals surface area contributed by atoms with Gasteiger partial charge < -0.3 is 0 Å². The molecule has 32 heavy (non-hydrogen) atoms. The molecule has 4 aromatic heterocycles. The number of piperidine rings is 1. The first-order chi connectivity index (χ1) is 15.6. The van der Waals surface area contributed by atoms with Crippen molar-refractivity contribution in [2.45, 2.75) is 39.2 Å². The van der Waals surface area contributed by atoms with Gasteiger partial charge in [-0.25, -0.2) is 9.67 Å². The molecule has 1 aliphatic heterocycles. The van der Waals surface area contributed by atoms with E-state index in [1.54, 1.807) is 17.5 Å². The summed E-state index contributed by atoms with van der Waals surface area (Å²) in [5.41, 5.74) is 3.63. The smallest absolute Gasteiger partial charge is 0.139 e. The van der Waals surface area contributed by atoms with Crippen LogP contribution in [0.3, 0.4) is 0 Å². The Hall–Kier alpha value is -2.97. The summed E-state index contributed by atoms with van der Waals surface area (Å²) < 4.78 is 1.86. The summed E-state index contributed by atoms with van der Waals surface area (Å²) in [7, 11) is 0. The second kappa shape index (κ2) is 9.26. The zero-order valence-corrected chi connectivity index (χ0v) is 19.0. The minimum Gasteiger partial charge on any atom is -0.299 e. The number of aryl methyl sites for hydroxylation is 1. The highest BCUT2D eigenvalue weighted by molar-refractivity contribution is 7.09. The lowest BCUT2D eigenvalue weighted by Crippen LogP contribution is -2.35. The molecule has 0 bridgehead atoms. The molecule has 1 unspecified atom stereocenters. The first-order valence-corrected chi connectivity index (χ1v) is 11.9. The van der Waals surface area contributed by atoms with Crippen molar-refractivity contribution in [2.24, 2.45) is 5.92 Å². The number of likely N-dealkylation sites (tertiary alicyclic amines) is 1. The lowest BCUT2D eigenvalue weighted by molar-refractivity contribution is -0.119. The van der Waals surface area contributed by atoms with Crippen LogP contribution in [0.2, 0.25) is 0 Å². The van der Waals surface area contributed by atoms with Crippen LogP contribution in [0.5, 0.6) is 0 Å². The minimum absolute atomic E-state index is 0.259. The highest BCUT2D eigenvalue weighted by Crippen LogP contribution is 2.23. The number of carbonyl (C=O) groups is 1. The average Bonchev–Trinajstić information content (AvgIpc) is 3.43. The van der Waals surface area contributed by atoms with Gasteiger partial charge in [-0.1, -0.05) is 0 Å². The normalized spacial score (nSPS) is 17.1. The molecule has 7 nitrogen and oxygen atoms in total. The van der Waals surface area contributed by atoms with Crippen LogP contribution in [-0.2, 0) is 17.8 Å². The van der Waals surface area contributed by atoms with E-state index >= 15 is 0 Å². The lowest BCUT2D eigenvalue weighted by Gasteiger charge is -2.31. The fraction of sp³-hybridized carbons (Fsp3) is 0.375. The van der Waals surface area contributed by atoms with Crippen molar-refractivity contribution >= 4 is 28.0 Å². The maximum Gasteiger partial charge on any atom is 0.139 e. The van der Waals surface area contributed by atoms with Crippen molar-refractivity contribution in [3.05, 3.63) is 64.8 Å². The second-order valence-electron chi connectivity index (χ2n) is 8.54. The molecule has 0 amide bonds. The van der Waals surface area contributed by atoms with Gasteiger partial charge in [0.15, 0.2) is 0 Å². The van der Waals surface area contributed by atoms with Crippen LogP contribution in [-0.4, -0.2) is 48.5 Å². The highest BCUT2D eigenvalue weighted by atomic mass is 32.1. The number of nitrogens with zero attached hydrogens (tertiary/aromatic N) is 6. The third kappa shape index (κ3) is 4.76. The number of carbonyl (C=O) groups excluding carboxylic acids is 1. The fourth-order valence-corrected chi connectivity index (χ4v) is 5.17. The van der Waals surface area contributed by atoms with E-state index in [1.807, 2.05) is 53.8 Å². The van der Waals surface area contributed by atoms with Gasteiger partial charge in [-0.15, -0.1) is 11.3 Å². The summed E-state index contributed by atoms with van der Waals surface area (Å²) in [5.74, 6) is 0.674. The van der Waals surface area contributed by atoms with Gasteiger partial charge in [0.2, 0.25) is 0 Å². The SMILES string of the molecule is Cc1cc(-n2ncc3cc(CC(=O)CC4CCCN(Cc5nccs5)C4)ncc32)ccn1. The Morgan fingerprint density at radius 2 is 2.12 bits per heavy atom. The quantitative estimate of drug-likeness (QED) is 0.427. The fourth-order valence-electron chi connectivity index (χ4n) is 4.52. The van der Waals surface area contributed by atoms with Gasteiger partial charge in [0.25, 0.3) is 0 Å². The summed E-state index contributed by atoms with van der Waals surface area (Å²) in [5, 5.41) is 8.67. The standard InChI is InChI=1S/C24H26N6OS/c1-17-9-21(4-5-25-17)30-23-14-27-20(11-19(23)13-28-30)12-22(31)10-18-3-2-7-29(15-18)16-24-26-6-8-32-24/h4-6,8-9,11,13-14,18H,2-3,7,10,12,15-16H2,1H3. The highest BCUT2D eigenvalue weighted by Gasteiger charge is 2.23. The molecule has 1 atom stereocenters. The number of thiazole rings is 1. The number of hydrogen-bond donors (Lipinski definition) is 0. The molecule has 0 aliphatic carbocycles. The summed E-state index contributed by atoms with van der Waals surface area (Å²) in [6.45, 7) is 4.91. The van der Waals surface area contributed by atoms with Gasteiger partial charge in [0.05, 0.1) is 30.1 Å². The van der Waals surface area contributed by atoms with Crippen molar-refractivity contribution in [1.29, 1.82) is 0 Å². The Bertz CT molecular complexity index is 1220. The second-order valence-corrected chi connectivity index (χ2v) is 9.51. The van der Waals surface area contributed by atoms with Crippen LogP contribution in [0.15, 0.2) is 48.4 Å². The molecular weight excluding hydrogens is 420 g/mol. The average molecular weight is 447 g/mol. The largest absolute Gasteiger partial charge is 0.299 e. The first kappa shape index (κ1) is 20.9. The number of rotatable bonds is 7. The molecule has 0 N–H and O–H groups in total. The van der Waals surface area contributed by atoms with Crippen molar-refractivity contribution < 1.29 is 4.79 Å². The molecule has 164 valence electrons. The molecule has 1 saturated heterocycles. The summed E-state index contributed by atoms with van der Waals surface area (Å²) in [6, 6.07) is 5.91. The summed E-state index contributed by atoms with van der Waals surface area (Å²) in [4.78, 5) is 28.5. The van der Waals surface area contributed by atoms with E-state index in [1.165, 1.54) is 0 Å². The van der Waals surface area contributed by atoms with Gasteiger partial charge >= 0.3 is 0 Å². The number of Topliss-reactive ketones (excluding diaryl/α,β-unsaturated/α-hetero) is 1. The van der Waals surface area contributed by atoms with E-state index < -0.39 is 0 Å². The van der Waals surface area contributed by atoms with E-state index in [4.69, 9.17) is 0 Å². The number of hydrogen-bond acceptors (Lipinski definition) is 7. The van der Waals surface area contributed by atoms with Crippen LogP contribution >= 0.6 is 11.3 Å². The maximum atomic E-state index is 12.8. The molecule has 0 saturated carbocycles. The Balaban J connectivity index is 1.22. The molecule has 0 aromatic carbocycles. The molecule has 0 spiro atoms. The van der Waals surface area contributed by atoms with Crippen LogP contribution in [0, 0.1) is 12.8 Å². The Kier molecular flexibility index (Phi) is 6.05. The minimum atomic E-state index is 0.259. The number of fused-ring (bicyclic) bond motifs is 1. The van der Waals surface area contributed by atoms with Crippen LogP contribution in [0.4, 0.5) is 0 Å². The van der Waals surface area contributed by atoms with E-state index in [9.17, 15) is 4.79 Å². The monoisotopic (exact) mass is 446 g/mol. The molecular formula is C24H26N6OS. The third-order valence-corrected chi connectivity index (χ3v) is 6.74. The third-order valence-electron chi connectivity index (χ3n) is 5.98. The van der Waals surface area contributed by atoms with E-state index in [0.717, 1.165) is 65.5 Å². The number of ketones is 1. The predicted octanol–water partition coefficient (Wildman–Crippen LogP) is 3.99. The van der Waals surface area contributed by atoms with E-state index in [2.05, 4.69) is 25.0 Å². The van der Waals surface area contributed by atoms with Crippen LogP contribution in [0.25, 0.3) is 16.6 Å². The Morgan fingerprint density at radius 1 is 1.19 bits per heavy atom. The Morgan fingerprint density at radius 3 is 2.97 bits per heavy atom. The van der Waals surface area contributed by atoms with Crippen LogP contribution in [0.1, 0.15) is 35.7 Å². The van der Waals surface area contributed by atoms with E-state index in [-0.39, 0.29) is 5.78 Å². The van der Waals surface area contributed by atoms with Crippen molar-refractivity contribution in [2.75, 3.05) is 13.1 Å². The number of pyridine rings is 2. The molecule has 1 fully saturated rings. The topological polar surface area (TPSA) is 76.8 Å². The van der Waals surface area contributed by atoms with Crippen molar-refractivity contribution in [1.82, 2.24) is 29.6 Å². The van der Waals surface area contributed by atoms with Crippen molar-refractivity contribution in [3.8, 4) is 5.69 Å². The van der Waals surface area contributed by atoms with Gasteiger partial charge in [-0.05, 0) is 50.4 Å². The van der Waals surface area contributed by atoms with Crippen LogP contribution < -0.4 is 0 Å². The zero-order chi connectivity index (χ0) is 21.9. The van der Waals surface area contributed by atoms with Gasteiger partial charge in [-0.2, -0.15) is 5.10 Å². The van der Waals surface area contributed by atoms with Gasteiger partial charge in [0, 0.05) is 53.9 Å². The molecule has 5 rings (SSSR count). The first-order valence-electron chi connectivity index (χ1n) is 11.0. The molecule has 8 heteroatoms. The zero-order valence-electron chi connectivity index (χ0n) is 18.1. The molecule has 5 heterocycles. The molecule has 1 aliphatic rings. The van der Waals surface area contributed by atoms with Crippen molar-refractivity contribution in [3.63, 3.8) is 0 Å². The predicted molar refractivity (Wildman–Crippen MR) is 125 cm³/mol. The van der Waals surface area contributed by atoms with Gasteiger partial charge in [0.1, 0.15) is 10.8 Å². The summed E-state index contributed by atoms with van der Waals surface area (Å²) in [6.07, 6.45) is 10.5. The summed E-state index contributed by atoms with van der Waals surface area (Å²) >= 11 is 1.70. The van der Waals surface area contributed by atoms with E-state index in [0.29, 0.717) is 18.8 Å². The maximum absolute atomic E-state index is 12.8. The molecule has 4 aromatic rings. The molecule has 0 radical (unpaired) electrons. The Labute approximate surface area is 191 Å². The number of aromatic nitrogens is 5.